The Morgan fingerprint density at radius 3 is 2.36 bits per heavy atom. The first kappa shape index (κ1) is 9.59. The van der Waals surface area contributed by atoms with Gasteiger partial charge in [-0.25, -0.2) is 8.78 Å². The molecule has 0 heterocycles. The van der Waals surface area contributed by atoms with Crippen molar-refractivity contribution in [2.45, 2.75) is 25.4 Å². The molecule has 1 aromatic rings. The summed E-state index contributed by atoms with van der Waals surface area (Å²) in [5, 5.41) is 9.26. The number of rotatable bonds is 2. The molecule has 0 saturated heterocycles. The molecule has 3 heteroatoms. The van der Waals surface area contributed by atoms with Crippen molar-refractivity contribution in [3.05, 3.63) is 35.4 Å². The number of benzene rings is 1. The van der Waals surface area contributed by atoms with E-state index in [9.17, 15) is 13.9 Å². The molecule has 0 bridgehead atoms. The molecule has 0 unspecified atom stereocenters. The third kappa shape index (κ3) is 1.52. The minimum Gasteiger partial charge on any atom is -0.393 e. The Hall–Kier alpha value is -0.960. The Labute approximate surface area is 81.4 Å². The predicted octanol–water partition coefficient (Wildman–Crippen LogP) is 2.45. The fourth-order valence-electron chi connectivity index (χ4n) is 1.94. The molecular formula is C11H12F2O. The number of aliphatic hydroxyl groups excluding tert-OH is 1. The van der Waals surface area contributed by atoms with E-state index in [0.29, 0.717) is 6.42 Å². The third-order valence-electron chi connectivity index (χ3n) is 2.83. The molecule has 3 atom stereocenters. The Morgan fingerprint density at radius 1 is 1.36 bits per heavy atom. The van der Waals surface area contributed by atoms with Gasteiger partial charge in [0, 0.05) is 5.56 Å². The first-order valence-electron chi connectivity index (χ1n) is 4.73. The van der Waals surface area contributed by atoms with E-state index in [-0.39, 0.29) is 17.4 Å². The summed E-state index contributed by atoms with van der Waals surface area (Å²) >= 11 is 0. The highest BCUT2D eigenvalue weighted by Gasteiger charge is 2.44. The highest BCUT2D eigenvalue weighted by Crippen LogP contribution is 2.50. The topological polar surface area (TPSA) is 20.2 Å². The van der Waals surface area contributed by atoms with Crippen LogP contribution in [0.2, 0.25) is 0 Å². The van der Waals surface area contributed by atoms with Crippen LogP contribution in [-0.4, -0.2) is 11.2 Å². The van der Waals surface area contributed by atoms with Crippen molar-refractivity contribution in [1.29, 1.82) is 0 Å². The van der Waals surface area contributed by atoms with Crippen molar-refractivity contribution >= 4 is 0 Å². The molecule has 1 fully saturated rings. The van der Waals surface area contributed by atoms with Crippen molar-refractivity contribution in [3.63, 3.8) is 0 Å². The quantitative estimate of drug-likeness (QED) is 0.773. The average molecular weight is 198 g/mol. The number of aliphatic hydroxyl groups is 1. The summed E-state index contributed by atoms with van der Waals surface area (Å²) in [5.41, 5.74) is 0.137. The molecule has 0 amide bonds. The van der Waals surface area contributed by atoms with E-state index in [1.165, 1.54) is 18.2 Å². The summed E-state index contributed by atoms with van der Waals surface area (Å²) in [7, 11) is 0. The van der Waals surface area contributed by atoms with Crippen LogP contribution in [0.4, 0.5) is 8.78 Å². The van der Waals surface area contributed by atoms with E-state index in [1.54, 1.807) is 6.92 Å². The Balaban J connectivity index is 2.26. The SMILES string of the molecule is C[C@H](O)[C@H]1C[C@H]1c1c(F)cccc1F. The lowest BCUT2D eigenvalue weighted by Gasteiger charge is -2.05. The molecule has 1 saturated carbocycles. The lowest BCUT2D eigenvalue weighted by Crippen LogP contribution is -2.05. The Morgan fingerprint density at radius 2 is 1.93 bits per heavy atom. The number of hydrogen-bond acceptors (Lipinski definition) is 1. The highest BCUT2D eigenvalue weighted by atomic mass is 19.1. The molecule has 1 aliphatic carbocycles. The second-order valence-electron chi connectivity index (χ2n) is 3.88. The van der Waals surface area contributed by atoms with Crippen molar-refractivity contribution in [2.24, 2.45) is 5.92 Å². The number of hydrogen-bond donors (Lipinski definition) is 1. The normalized spacial score (nSPS) is 27.4. The van der Waals surface area contributed by atoms with E-state index in [0.717, 1.165) is 0 Å². The average Bonchev–Trinajstić information content (AvgIpc) is 2.83. The van der Waals surface area contributed by atoms with Gasteiger partial charge in [-0.1, -0.05) is 6.07 Å². The van der Waals surface area contributed by atoms with Crippen LogP contribution in [0.15, 0.2) is 18.2 Å². The summed E-state index contributed by atoms with van der Waals surface area (Å²) in [6.07, 6.45) is 0.189. The fourth-order valence-corrected chi connectivity index (χ4v) is 1.94. The predicted molar refractivity (Wildman–Crippen MR) is 48.9 cm³/mol. The molecule has 1 N–H and O–H groups in total. The Kier molecular flexibility index (Phi) is 2.27. The van der Waals surface area contributed by atoms with E-state index < -0.39 is 17.7 Å². The second-order valence-corrected chi connectivity index (χ2v) is 3.88. The highest BCUT2D eigenvalue weighted by molar-refractivity contribution is 5.29. The maximum absolute atomic E-state index is 13.3. The summed E-state index contributed by atoms with van der Waals surface area (Å²) < 4.78 is 26.5. The summed E-state index contributed by atoms with van der Waals surface area (Å²) in [4.78, 5) is 0. The standard InChI is InChI=1S/C11H12F2O/c1-6(14)7-5-8(7)11-9(12)3-2-4-10(11)13/h2-4,6-8,14H,5H2,1H3/t6-,7+,8+/m0/s1. The van der Waals surface area contributed by atoms with Gasteiger partial charge in [-0.3, -0.25) is 0 Å². The zero-order valence-corrected chi connectivity index (χ0v) is 7.87. The van der Waals surface area contributed by atoms with E-state index in [1.807, 2.05) is 0 Å². The van der Waals surface area contributed by atoms with Crippen LogP contribution in [0.25, 0.3) is 0 Å². The van der Waals surface area contributed by atoms with Gasteiger partial charge in [-0.05, 0) is 37.3 Å². The molecular weight excluding hydrogens is 186 g/mol. The zero-order chi connectivity index (χ0) is 10.3. The van der Waals surface area contributed by atoms with Crippen LogP contribution in [-0.2, 0) is 0 Å². The van der Waals surface area contributed by atoms with Crippen LogP contribution in [0, 0.1) is 17.6 Å². The molecule has 76 valence electrons. The third-order valence-corrected chi connectivity index (χ3v) is 2.83. The molecule has 0 aromatic heterocycles. The molecule has 0 aliphatic heterocycles. The van der Waals surface area contributed by atoms with Crippen LogP contribution in [0.3, 0.4) is 0 Å². The minimum atomic E-state index is -0.502. The van der Waals surface area contributed by atoms with Crippen molar-refractivity contribution < 1.29 is 13.9 Å². The first-order chi connectivity index (χ1) is 6.61. The maximum Gasteiger partial charge on any atom is 0.129 e. The summed E-state index contributed by atoms with van der Waals surface area (Å²) in [6, 6.07) is 3.87. The molecule has 0 radical (unpaired) electrons. The Bertz CT molecular complexity index is 329. The van der Waals surface area contributed by atoms with Crippen LogP contribution in [0.5, 0.6) is 0 Å². The van der Waals surface area contributed by atoms with Crippen LogP contribution in [0.1, 0.15) is 24.8 Å². The molecule has 1 aromatic carbocycles. The van der Waals surface area contributed by atoms with E-state index in [4.69, 9.17) is 0 Å². The van der Waals surface area contributed by atoms with Gasteiger partial charge in [-0.15, -0.1) is 0 Å². The lowest BCUT2D eigenvalue weighted by molar-refractivity contribution is 0.168. The van der Waals surface area contributed by atoms with Gasteiger partial charge in [0.1, 0.15) is 11.6 Å². The van der Waals surface area contributed by atoms with E-state index >= 15 is 0 Å². The van der Waals surface area contributed by atoms with Crippen LogP contribution >= 0.6 is 0 Å². The molecule has 1 nitrogen and oxygen atoms in total. The molecule has 2 rings (SSSR count). The fraction of sp³-hybridized carbons (Fsp3) is 0.455. The molecule has 14 heavy (non-hydrogen) atoms. The van der Waals surface area contributed by atoms with Crippen molar-refractivity contribution in [2.75, 3.05) is 0 Å². The van der Waals surface area contributed by atoms with Crippen molar-refractivity contribution in [3.8, 4) is 0 Å². The van der Waals surface area contributed by atoms with E-state index in [2.05, 4.69) is 0 Å². The zero-order valence-electron chi connectivity index (χ0n) is 7.87. The van der Waals surface area contributed by atoms with Gasteiger partial charge in [0.15, 0.2) is 0 Å². The first-order valence-corrected chi connectivity index (χ1v) is 4.73. The van der Waals surface area contributed by atoms with Gasteiger partial charge < -0.3 is 5.11 Å². The maximum atomic E-state index is 13.3. The van der Waals surface area contributed by atoms with Crippen LogP contribution < -0.4 is 0 Å². The summed E-state index contributed by atoms with van der Waals surface area (Å²) in [6.45, 7) is 1.66. The van der Waals surface area contributed by atoms with Gasteiger partial charge in [0.2, 0.25) is 0 Å². The van der Waals surface area contributed by atoms with Gasteiger partial charge >= 0.3 is 0 Å². The number of halogens is 2. The second kappa shape index (κ2) is 3.31. The summed E-state index contributed by atoms with van der Waals surface area (Å²) in [5.74, 6) is -1.13. The molecule has 0 spiro atoms. The minimum absolute atomic E-state index is 0.0152. The monoisotopic (exact) mass is 198 g/mol. The molecule has 1 aliphatic rings. The van der Waals surface area contributed by atoms with Crippen molar-refractivity contribution in [1.82, 2.24) is 0 Å². The smallest absolute Gasteiger partial charge is 0.129 e. The van der Waals surface area contributed by atoms with Gasteiger partial charge in [-0.2, -0.15) is 0 Å². The largest absolute Gasteiger partial charge is 0.393 e. The lowest BCUT2D eigenvalue weighted by atomic mass is 10.1. The van der Waals surface area contributed by atoms with Gasteiger partial charge in [0.25, 0.3) is 0 Å². The van der Waals surface area contributed by atoms with Gasteiger partial charge in [0.05, 0.1) is 6.10 Å².